The lowest BCUT2D eigenvalue weighted by molar-refractivity contribution is 0.162. The number of nitrogens with zero attached hydrogens (tertiary/aromatic N) is 3. The maximum absolute atomic E-state index is 13.2. The maximum atomic E-state index is 13.2. The van der Waals surface area contributed by atoms with Crippen molar-refractivity contribution in [3.05, 3.63) is 82.5 Å². The standard InChI is InChI=1S/C37H47N3O5/c1-38(23-18-27-19-24-40(25-20-27)26-28-10-6-5-7-11-28)21-8-9-22-39(2)30-14-12-29(13-15-30)34-37(44-4)33(42)31-16-17-32(41)36(43-3)35(31)45-34/h5-7,10-17,27,41H,8-9,18-26H2,1-4H3. The van der Waals surface area contributed by atoms with Gasteiger partial charge in [-0.05, 0) is 113 Å². The summed E-state index contributed by atoms with van der Waals surface area (Å²) >= 11 is 0. The Morgan fingerprint density at radius 1 is 0.867 bits per heavy atom. The summed E-state index contributed by atoms with van der Waals surface area (Å²) < 4.78 is 16.9. The monoisotopic (exact) mass is 613 g/mol. The zero-order valence-electron chi connectivity index (χ0n) is 27.1. The largest absolute Gasteiger partial charge is 0.504 e. The average Bonchev–Trinajstić information content (AvgIpc) is 3.06. The van der Waals surface area contributed by atoms with E-state index < -0.39 is 0 Å². The summed E-state index contributed by atoms with van der Waals surface area (Å²) in [4.78, 5) is 20.5. The first-order chi connectivity index (χ1) is 21.9. The van der Waals surface area contributed by atoms with Gasteiger partial charge in [-0.15, -0.1) is 0 Å². The summed E-state index contributed by atoms with van der Waals surface area (Å²) in [5, 5.41) is 10.5. The average molecular weight is 614 g/mol. The molecule has 0 bridgehead atoms. The molecule has 2 heterocycles. The van der Waals surface area contributed by atoms with Crippen LogP contribution in [0.2, 0.25) is 0 Å². The highest BCUT2D eigenvalue weighted by Gasteiger charge is 2.22. The van der Waals surface area contributed by atoms with Crippen LogP contribution in [0.1, 0.15) is 37.7 Å². The Balaban J connectivity index is 1.07. The van der Waals surface area contributed by atoms with E-state index in [1.54, 1.807) is 0 Å². The van der Waals surface area contributed by atoms with Crippen molar-refractivity contribution in [3.8, 4) is 28.6 Å². The molecule has 4 aromatic rings. The molecule has 1 fully saturated rings. The van der Waals surface area contributed by atoms with Crippen molar-refractivity contribution in [1.82, 2.24) is 9.80 Å². The molecule has 8 heteroatoms. The third-order valence-electron chi connectivity index (χ3n) is 9.09. The Labute approximate surface area is 266 Å². The molecule has 0 radical (unpaired) electrons. The number of ether oxygens (including phenoxy) is 2. The van der Waals surface area contributed by atoms with Crippen LogP contribution in [0.5, 0.6) is 17.2 Å². The fourth-order valence-electron chi connectivity index (χ4n) is 6.30. The van der Waals surface area contributed by atoms with E-state index in [0.29, 0.717) is 11.3 Å². The van der Waals surface area contributed by atoms with Crippen molar-refractivity contribution < 1.29 is 19.0 Å². The number of hydrogen-bond donors (Lipinski definition) is 1. The SMILES string of the molecule is COc1c(-c2ccc(N(C)CCCCN(C)CCC3CCN(Cc4ccccc4)CC3)cc2)oc2c(OC)c(O)ccc2c1=O. The number of methoxy groups -OCH3 is 2. The van der Waals surface area contributed by atoms with Gasteiger partial charge in [-0.3, -0.25) is 9.69 Å². The highest BCUT2D eigenvalue weighted by Crippen LogP contribution is 2.39. The van der Waals surface area contributed by atoms with Crippen molar-refractivity contribution in [1.29, 1.82) is 0 Å². The van der Waals surface area contributed by atoms with Crippen LogP contribution in [-0.2, 0) is 6.54 Å². The molecule has 240 valence electrons. The third kappa shape index (κ3) is 7.99. The lowest BCUT2D eigenvalue weighted by Gasteiger charge is -2.32. The molecule has 5 rings (SSSR count). The van der Waals surface area contributed by atoms with Crippen molar-refractivity contribution in [2.24, 2.45) is 5.92 Å². The van der Waals surface area contributed by atoms with Gasteiger partial charge in [-0.25, -0.2) is 0 Å². The second-order valence-electron chi connectivity index (χ2n) is 12.3. The molecular formula is C37H47N3O5. The van der Waals surface area contributed by atoms with E-state index in [4.69, 9.17) is 13.9 Å². The molecule has 1 aromatic heterocycles. The highest BCUT2D eigenvalue weighted by atomic mass is 16.5. The summed E-state index contributed by atoms with van der Waals surface area (Å²) in [6.45, 7) is 6.73. The minimum atomic E-state index is -0.317. The molecule has 0 atom stereocenters. The van der Waals surface area contributed by atoms with Crippen molar-refractivity contribution >= 4 is 16.7 Å². The predicted octanol–water partition coefficient (Wildman–Crippen LogP) is 6.63. The molecule has 0 amide bonds. The number of hydrogen-bond acceptors (Lipinski definition) is 8. The number of piperidine rings is 1. The molecule has 0 saturated carbocycles. The lowest BCUT2D eigenvalue weighted by Crippen LogP contribution is -2.34. The van der Waals surface area contributed by atoms with E-state index >= 15 is 0 Å². The number of rotatable bonds is 14. The van der Waals surface area contributed by atoms with Crippen LogP contribution < -0.4 is 19.8 Å². The maximum Gasteiger partial charge on any atom is 0.235 e. The third-order valence-corrected chi connectivity index (χ3v) is 9.09. The number of aromatic hydroxyl groups is 1. The van der Waals surface area contributed by atoms with Crippen LogP contribution in [-0.4, -0.2) is 75.9 Å². The number of fused-ring (bicyclic) bond motifs is 1. The van der Waals surface area contributed by atoms with Gasteiger partial charge in [-0.2, -0.15) is 0 Å². The Bertz CT molecular complexity index is 1580. The molecular weight excluding hydrogens is 566 g/mol. The molecule has 0 unspecified atom stereocenters. The summed E-state index contributed by atoms with van der Waals surface area (Å²) in [5.74, 6) is 1.28. The molecule has 1 N–H and O–H groups in total. The van der Waals surface area contributed by atoms with Gasteiger partial charge in [0, 0.05) is 31.4 Å². The fourth-order valence-corrected chi connectivity index (χ4v) is 6.30. The second-order valence-corrected chi connectivity index (χ2v) is 12.3. The van der Waals surface area contributed by atoms with Crippen LogP contribution in [0.3, 0.4) is 0 Å². The number of benzene rings is 3. The first kappa shape index (κ1) is 32.4. The molecule has 0 aliphatic carbocycles. The van der Waals surface area contributed by atoms with Gasteiger partial charge in [0.1, 0.15) is 0 Å². The quantitative estimate of drug-likeness (QED) is 0.159. The number of phenols is 1. The summed E-state index contributed by atoms with van der Waals surface area (Å²) in [6.07, 6.45) is 6.17. The van der Waals surface area contributed by atoms with Gasteiger partial charge in [0.05, 0.1) is 19.6 Å². The Kier molecular flexibility index (Phi) is 11.0. The molecule has 45 heavy (non-hydrogen) atoms. The molecule has 8 nitrogen and oxygen atoms in total. The first-order valence-electron chi connectivity index (χ1n) is 16.0. The second kappa shape index (κ2) is 15.3. The highest BCUT2D eigenvalue weighted by molar-refractivity contribution is 5.88. The van der Waals surface area contributed by atoms with Crippen LogP contribution in [0.4, 0.5) is 5.69 Å². The topological polar surface area (TPSA) is 78.6 Å². The van der Waals surface area contributed by atoms with Crippen LogP contribution in [0.25, 0.3) is 22.3 Å². The van der Waals surface area contributed by atoms with E-state index in [1.807, 2.05) is 24.3 Å². The van der Waals surface area contributed by atoms with E-state index in [9.17, 15) is 9.90 Å². The van der Waals surface area contributed by atoms with Crippen LogP contribution in [0.15, 0.2) is 75.9 Å². The fraction of sp³-hybridized carbons (Fsp3) is 0.432. The first-order valence-corrected chi connectivity index (χ1v) is 16.0. The van der Waals surface area contributed by atoms with E-state index in [-0.39, 0.29) is 33.6 Å². The smallest absolute Gasteiger partial charge is 0.235 e. The lowest BCUT2D eigenvalue weighted by atomic mass is 9.93. The van der Waals surface area contributed by atoms with Crippen molar-refractivity contribution in [2.75, 3.05) is 65.9 Å². The van der Waals surface area contributed by atoms with Crippen LogP contribution >= 0.6 is 0 Å². The zero-order valence-corrected chi connectivity index (χ0v) is 27.1. The van der Waals surface area contributed by atoms with Crippen molar-refractivity contribution in [2.45, 2.75) is 38.6 Å². The molecule has 1 saturated heterocycles. The summed E-state index contributed by atoms with van der Waals surface area (Å²) in [6, 6.07) is 21.6. The number of phenolic OH excluding ortho intramolecular Hbond substituents is 1. The number of unbranched alkanes of at least 4 members (excludes halogenated alkanes) is 1. The molecule has 0 spiro atoms. The minimum Gasteiger partial charge on any atom is -0.504 e. The normalized spacial score (nSPS) is 14.2. The minimum absolute atomic E-state index is 0.0946. The van der Waals surface area contributed by atoms with Gasteiger partial charge in [0.15, 0.2) is 17.1 Å². The predicted molar refractivity (Wildman–Crippen MR) is 182 cm³/mol. The van der Waals surface area contributed by atoms with Crippen molar-refractivity contribution in [3.63, 3.8) is 0 Å². The number of likely N-dealkylation sites (tertiary alicyclic amines) is 1. The molecule has 1 aliphatic heterocycles. The van der Waals surface area contributed by atoms with E-state index in [1.165, 1.54) is 70.8 Å². The zero-order chi connectivity index (χ0) is 31.8. The summed E-state index contributed by atoms with van der Waals surface area (Å²) in [5.41, 5.74) is 3.08. The number of anilines is 1. The Morgan fingerprint density at radius 3 is 2.24 bits per heavy atom. The van der Waals surface area contributed by atoms with Crippen LogP contribution in [0, 0.1) is 5.92 Å². The van der Waals surface area contributed by atoms with E-state index in [2.05, 4.69) is 59.1 Å². The van der Waals surface area contributed by atoms with Gasteiger partial charge in [-0.1, -0.05) is 30.3 Å². The Morgan fingerprint density at radius 2 is 1.56 bits per heavy atom. The van der Waals surface area contributed by atoms with Gasteiger partial charge in [0.2, 0.25) is 16.9 Å². The molecule has 1 aliphatic rings. The van der Waals surface area contributed by atoms with Gasteiger partial charge in [0.25, 0.3) is 0 Å². The molecule has 3 aromatic carbocycles. The van der Waals surface area contributed by atoms with Gasteiger partial charge < -0.3 is 28.8 Å². The Hall–Kier alpha value is -4.01. The van der Waals surface area contributed by atoms with E-state index in [0.717, 1.165) is 44.1 Å². The van der Waals surface area contributed by atoms with Gasteiger partial charge >= 0.3 is 0 Å². The summed E-state index contributed by atoms with van der Waals surface area (Å²) in [7, 11) is 7.24.